The van der Waals surface area contributed by atoms with Crippen LogP contribution in [0.5, 0.6) is 0 Å². The average Bonchev–Trinajstić information content (AvgIpc) is 3.06. The van der Waals surface area contributed by atoms with E-state index >= 15 is 0 Å². The molecular weight excluding hydrogens is 579 g/mol. The molecule has 0 N–H and O–H groups in total. The fourth-order valence-electron chi connectivity index (χ4n) is 7.39. The lowest BCUT2D eigenvalue weighted by atomic mass is 9.79. The Balaban J connectivity index is 1.27. The molecule has 1 aliphatic carbocycles. The number of benzene rings is 2. The van der Waals surface area contributed by atoms with Gasteiger partial charge in [0.25, 0.3) is 5.56 Å². The molecular formula is C35H34F3N5O2. The predicted molar refractivity (Wildman–Crippen MR) is 169 cm³/mol. The van der Waals surface area contributed by atoms with Crippen LogP contribution >= 0.6 is 0 Å². The molecule has 3 aromatic heterocycles. The minimum absolute atomic E-state index is 0.0304. The first-order valence-corrected chi connectivity index (χ1v) is 15.6. The number of pyridine rings is 3. The van der Waals surface area contributed by atoms with Gasteiger partial charge in [-0.2, -0.15) is 13.2 Å². The Hall–Kier alpha value is -4.31. The maximum atomic E-state index is 14.7. The molecule has 5 aromatic rings. The molecule has 2 aliphatic rings. The van der Waals surface area contributed by atoms with Crippen LogP contribution in [0, 0.1) is 5.92 Å². The van der Waals surface area contributed by atoms with Crippen LogP contribution in [0.2, 0.25) is 0 Å². The summed E-state index contributed by atoms with van der Waals surface area (Å²) in [6, 6.07) is 17.6. The van der Waals surface area contributed by atoms with E-state index in [2.05, 4.69) is 16.0 Å². The number of hydrogen-bond acceptors (Lipinski definition) is 5. The maximum Gasteiger partial charge on any atom is 0.393 e. The number of halogens is 3. The van der Waals surface area contributed by atoms with E-state index in [9.17, 15) is 22.8 Å². The number of hydrogen-bond donors (Lipinski definition) is 0. The molecule has 10 heteroatoms. The summed E-state index contributed by atoms with van der Waals surface area (Å²) in [7, 11) is 0. The van der Waals surface area contributed by atoms with Crippen molar-refractivity contribution < 1.29 is 18.0 Å². The van der Waals surface area contributed by atoms with Crippen LogP contribution in [-0.2, 0) is 4.79 Å². The lowest BCUT2D eigenvalue weighted by molar-refractivity contribution is -0.204. The number of rotatable bonds is 4. The van der Waals surface area contributed by atoms with Gasteiger partial charge >= 0.3 is 6.18 Å². The standard InChI is InChI=1S/C35H34F3N5O2/c1-2-32(44)42-15-13-41(14-16-42)31-11-9-26(19-28(31)35(36,37)38)43-33(45)12-8-24-20-40-30-10-7-22(18-27(30)34(24)43)25-17-23-5-3-4-6-29(23)39-21-25/h3-8,10,12,17-18,20-21,26,28,31H,2,9,11,13-16,19H2,1H3. The molecule has 7 nitrogen and oxygen atoms in total. The summed E-state index contributed by atoms with van der Waals surface area (Å²) in [4.78, 5) is 38.6. The maximum absolute atomic E-state index is 14.7. The van der Waals surface area contributed by atoms with E-state index < -0.39 is 24.2 Å². The van der Waals surface area contributed by atoms with Crippen LogP contribution < -0.4 is 5.56 Å². The predicted octanol–water partition coefficient (Wildman–Crippen LogP) is 6.59. The second-order valence-electron chi connectivity index (χ2n) is 12.2. The van der Waals surface area contributed by atoms with Crippen molar-refractivity contribution in [3.63, 3.8) is 0 Å². The molecule has 1 saturated heterocycles. The number of aromatic nitrogens is 3. The van der Waals surface area contributed by atoms with E-state index in [1.807, 2.05) is 53.6 Å². The van der Waals surface area contributed by atoms with Crippen LogP contribution in [0.1, 0.15) is 38.6 Å². The minimum Gasteiger partial charge on any atom is -0.340 e. The molecule has 3 atom stereocenters. The van der Waals surface area contributed by atoms with Crippen molar-refractivity contribution in [3.8, 4) is 11.1 Å². The summed E-state index contributed by atoms with van der Waals surface area (Å²) in [5.41, 5.74) is 3.63. The number of piperazine rings is 1. The first-order chi connectivity index (χ1) is 21.7. The number of carbonyl (C=O) groups is 1. The smallest absolute Gasteiger partial charge is 0.340 e. The van der Waals surface area contributed by atoms with Gasteiger partial charge in [0.2, 0.25) is 5.91 Å². The largest absolute Gasteiger partial charge is 0.393 e. The van der Waals surface area contributed by atoms with Crippen LogP contribution in [-0.4, -0.2) is 68.6 Å². The lowest BCUT2D eigenvalue weighted by Crippen LogP contribution is -2.57. The van der Waals surface area contributed by atoms with E-state index in [4.69, 9.17) is 0 Å². The second kappa shape index (κ2) is 11.6. The third-order valence-corrected chi connectivity index (χ3v) is 9.69. The zero-order chi connectivity index (χ0) is 31.3. The van der Waals surface area contributed by atoms with E-state index in [0.717, 1.165) is 27.4 Å². The van der Waals surface area contributed by atoms with Gasteiger partial charge in [-0.05, 0) is 55.2 Å². The van der Waals surface area contributed by atoms with E-state index in [0.29, 0.717) is 61.9 Å². The highest BCUT2D eigenvalue weighted by atomic mass is 19.4. The Bertz CT molecular complexity index is 1970. The van der Waals surface area contributed by atoms with Gasteiger partial charge < -0.3 is 9.47 Å². The number of carbonyl (C=O) groups excluding carboxylic acids is 1. The third kappa shape index (κ3) is 5.45. The fourth-order valence-corrected chi connectivity index (χ4v) is 7.39. The van der Waals surface area contributed by atoms with Crippen LogP contribution in [0.15, 0.2) is 77.9 Å². The molecule has 2 fully saturated rings. The molecule has 1 aliphatic heterocycles. The van der Waals surface area contributed by atoms with Crippen molar-refractivity contribution in [2.45, 2.75) is 50.9 Å². The number of fused-ring (bicyclic) bond motifs is 4. The molecule has 1 amide bonds. The molecule has 0 radical (unpaired) electrons. The summed E-state index contributed by atoms with van der Waals surface area (Å²) >= 11 is 0. The van der Waals surface area contributed by atoms with Crippen molar-refractivity contribution >= 4 is 38.6 Å². The summed E-state index contributed by atoms with van der Waals surface area (Å²) in [5, 5.41) is 2.42. The Morgan fingerprint density at radius 2 is 1.64 bits per heavy atom. The van der Waals surface area contributed by atoms with Crippen molar-refractivity contribution in [1.29, 1.82) is 0 Å². The van der Waals surface area contributed by atoms with Crippen LogP contribution in [0.25, 0.3) is 43.8 Å². The molecule has 3 unspecified atom stereocenters. The van der Waals surface area contributed by atoms with Crippen molar-refractivity contribution in [1.82, 2.24) is 24.3 Å². The van der Waals surface area contributed by atoms with Gasteiger partial charge in [0.05, 0.1) is 22.5 Å². The van der Waals surface area contributed by atoms with Crippen LogP contribution in [0.4, 0.5) is 13.2 Å². The molecule has 0 spiro atoms. The molecule has 7 rings (SSSR count). The van der Waals surface area contributed by atoms with Gasteiger partial charge in [-0.3, -0.25) is 24.5 Å². The number of alkyl halides is 3. The van der Waals surface area contributed by atoms with Gasteiger partial charge in [0.1, 0.15) is 0 Å². The zero-order valence-electron chi connectivity index (χ0n) is 25.0. The van der Waals surface area contributed by atoms with Gasteiger partial charge in [0.15, 0.2) is 0 Å². The Kier molecular flexibility index (Phi) is 7.55. The van der Waals surface area contributed by atoms with Gasteiger partial charge in [-0.25, -0.2) is 0 Å². The highest BCUT2D eigenvalue weighted by molar-refractivity contribution is 6.05. The molecule has 232 valence electrons. The average molecular weight is 614 g/mol. The molecule has 4 heterocycles. The minimum atomic E-state index is -4.42. The summed E-state index contributed by atoms with van der Waals surface area (Å²) < 4.78 is 45.8. The van der Waals surface area contributed by atoms with E-state index in [-0.39, 0.29) is 17.9 Å². The summed E-state index contributed by atoms with van der Waals surface area (Å²) in [5.74, 6) is -1.55. The topological polar surface area (TPSA) is 71.3 Å². The Morgan fingerprint density at radius 1 is 0.867 bits per heavy atom. The highest BCUT2D eigenvalue weighted by Crippen LogP contribution is 2.45. The third-order valence-electron chi connectivity index (χ3n) is 9.69. The van der Waals surface area contributed by atoms with Crippen molar-refractivity contribution in [3.05, 3.63) is 83.4 Å². The molecule has 0 bridgehead atoms. The van der Waals surface area contributed by atoms with E-state index in [1.54, 1.807) is 28.7 Å². The summed E-state index contributed by atoms with van der Waals surface area (Å²) in [6.07, 6.45) is 0.0457. The molecule has 1 saturated carbocycles. The first-order valence-electron chi connectivity index (χ1n) is 15.6. The number of amides is 1. The zero-order valence-corrected chi connectivity index (χ0v) is 25.0. The molecule has 2 aromatic carbocycles. The van der Waals surface area contributed by atoms with Crippen molar-refractivity contribution in [2.75, 3.05) is 26.2 Å². The highest BCUT2D eigenvalue weighted by Gasteiger charge is 2.50. The van der Waals surface area contributed by atoms with Crippen LogP contribution in [0.3, 0.4) is 0 Å². The molecule has 45 heavy (non-hydrogen) atoms. The quantitative estimate of drug-likeness (QED) is 0.214. The lowest BCUT2D eigenvalue weighted by Gasteiger charge is -2.46. The second-order valence-corrected chi connectivity index (χ2v) is 12.2. The van der Waals surface area contributed by atoms with Gasteiger partial charge in [-0.1, -0.05) is 31.2 Å². The van der Waals surface area contributed by atoms with Gasteiger partial charge in [-0.15, -0.1) is 0 Å². The monoisotopic (exact) mass is 613 g/mol. The Labute approximate surface area is 258 Å². The Morgan fingerprint density at radius 3 is 2.42 bits per heavy atom. The van der Waals surface area contributed by atoms with Crippen molar-refractivity contribution in [2.24, 2.45) is 5.92 Å². The normalized spacial score (nSPS) is 21.5. The van der Waals surface area contributed by atoms with E-state index in [1.165, 1.54) is 6.07 Å². The SMILES string of the molecule is CCC(=O)N1CCN(C2CCC(n3c(=O)ccc4cnc5ccc(-c6cnc7ccccc7c6)cc5c43)CC2C(F)(F)F)CC1. The fraction of sp³-hybridized carbons (Fsp3) is 0.371. The first kappa shape index (κ1) is 29.4. The van der Waals surface area contributed by atoms with Gasteiger partial charge in [0, 0.05) is 84.9 Å². The number of nitrogens with zero attached hydrogens (tertiary/aromatic N) is 5. The number of para-hydroxylation sites is 1. The summed E-state index contributed by atoms with van der Waals surface area (Å²) in [6.45, 7) is 3.52.